The molecule has 1 fully saturated rings. The SMILES string of the molecule is CNC1(C)CCN(C(C)c2ccc(C(C)(C)C)cc2)CC1. The van der Waals surface area contributed by atoms with Gasteiger partial charge in [0.15, 0.2) is 0 Å². The Morgan fingerprint density at radius 2 is 1.62 bits per heavy atom. The van der Waals surface area contributed by atoms with Crippen molar-refractivity contribution < 1.29 is 0 Å². The molecular formula is C19H32N2. The van der Waals surface area contributed by atoms with Crippen LogP contribution >= 0.6 is 0 Å². The second kappa shape index (κ2) is 6.10. The number of likely N-dealkylation sites (tertiary alicyclic amines) is 1. The molecule has 0 spiro atoms. The highest BCUT2D eigenvalue weighted by atomic mass is 15.2. The van der Waals surface area contributed by atoms with Crippen LogP contribution in [0.5, 0.6) is 0 Å². The number of rotatable bonds is 3. The third kappa shape index (κ3) is 3.87. The summed E-state index contributed by atoms with van der Waals surface area (Å²) in [6, 6.07) is 9.75. The van der Waals surface area contributed by atoms with Gasteiger partial charge in [0.1, 0.15) is 0 Å². The van der Waals surface area contributed by atoms with E-state index in [9.17, 15) is 0 Å². The second-order valence-corrected chi connectivity index (χ2v) is 7.89. The van der Waals surface area contributed by atoms with Crippen LogP contribution < -0.4 is 5.32 Å². The summed E-state index contributed by atoms with van der Waals surface area (Å²) in [5.74, 6) is 0. The van der Waals surface area contributed by atoms with Crippen molar-refractivity contribution in [3.05, 3.63) is 35.4 Å². The van der Waals surface area contributed by atoms with Crippen LogP contribution in [0, 0.1) is 0 Å². The third-order valence-electron chi connectivity index (χ3n) is 5.31. The lowest BCUT2D eigenvalue weighted by Crippen LogP contribution is -2.50. The Kier molecular flexibility index (Phi) is 4.79. The maximum atomic E-state index is 3.48. The predicted octanol–water partition coefficient (Wildman–Crippen LogP) is 4.12. The first-order valence-corrected chi connectivity index (χ1v) is 8.29. The molecule has 1 N–H and O–H groups in total. The van der Waals surface area contributed by atoms with Crippen molar-refractivity contribution in [2.24, 2.45) is 0 Å². The quantitative estimate of drug-likeness (QED) is 0.900. The smallest absolute Gasteiger partial charge is 0.0319 e. The van der Waals surface area contributed by atoms with Crippen molar-refractivity contribution >= 4 is 0 Å². The predicted molar refractivity (Wildman–Crippen MR) is 91.8 cm³/mol. The minimum absolute atomic E-state index is 0.238. The summed E-state index contributed by atoms with van der Waals surface area (Å²) < 4.78 is 0. The summed E-state index contributed by atoms with van der Waals surface area (Å²) in [4.78, 5) is 2.62. The molecule has 0 amide bonds. The standard InChI is InChI=1S/C19H32N2/c1-15(21-13-11-19(5,20-6)12-14-21)16-7-9-17(10-8-16)18(2,3)4/h7-10,15,20H,11-14H2,1-6H3. The largest absolute Gasteiger partial charge is 0.314 e. The lowest BCUT2D eigenvalue weighted by Gasteiger charge is -2.42. The molecule has 1 heterocycles. The fourth-order valence-corrected chi connectivity index (χ4v) is 3.13. The molecule has 1 unspecified atom stereocenters. The minimum atomic E-state index is 0.238. The van der Waals surface area contributed by atoms with Gasteiger partial charge in [-0.05, 0) is 50.3 Å². The lowest BCUT2D eigenvalue weighted by molar-refractivity contribution is 0.117. The first kappa shape index (κ1) is 16.5. The Hall–Kier alpha value is -0.860. The number of hydrogen-bond donors (Lipinski definition) is 1. The number of nitrogens with one attached hydrogen (secondary N) is 1. The van der Waals surface area contributed by atoms with Gasteiger partial charge >= 0.3 is 0 Å². The maximum Gasteiger partial charge on any atom is 0.0319 e. The van der Waals surface area contributed by atoms with Crippen molar-refractivity contribution in [3.63, 3.8) is 0 Å². The summed E-state index contributed by atoms with van der Waals surface area (Å²) in [5.41, 5.74) is 3.42. The lowest BCUT2D eigenvalue weighted by atomic mass is 9.85. The molecule has 1 atom stereocenters. The molecule has 1 aromatic rings. The Balaban J connectivity index is 2.03. The first-order chi connectivity index (χ1) is 9.75. The normalized spacial score (nSPS) is 21.2. The van der Waals surface area contributed by atoms with Gasteiger partial charge in [-0.1, -0.05) is 45.0 Å². The van der Waals surface area contributed by atoms with Crippen LogP contribution in [0.3, 0.4) is 0 Å². The zero-order valence-corrected chi connectivity index (χ0v) is 14.7. The van der Waals surface area contributed by atoms with Gasteiger partial charge < -0.3 is 5.32 Å². The van der Waals surface area contributed by atoms with Crippen LogP contribution in [0.15, 0.2) is 24.3 Å². The highest BCUT2D eigenvalue weighted by molar-refractivity contribution is 5.29. The van der Waals surface area contributed by atoms with E-state index in [1.54, 1.807) is 0 Å². The average molecular weight is 288 g/mol. The van der Waals surface area contributed by atoms with Gasteiger partial charge in [-0.25, -0.2) is 0 Å². The molecule has 0 aliphatic carbocycles. The summed E-state index contributed by atoms with van der Waals surface area (Å²) >= 11 is 0. The molecular weight excluding hydrogens is 256 g/mol. The molecule has 1 aromatic carbocycles. The van der Waals surface area contributed by atoms with E-state index < -0.39 is 0 Å². The number of nitrogens with zero attached hydrogens (tertiary/aromatic N) is 1. The van der Waals surface area contributed by atoms with Crippen molar-refractivity contribution in [1.82, 2.24) is 10.2 Å². The first-order valence-electron chi connectivity index (χ1n) is 8.29. The molecule has 0 bridgehead atoms. The molecule has 2 heteroatoms. The molecule has 2 nitrogen and oxygen atoms in total. The van der Waals surface area contributed by atoms with Crippen molar-refractivity contribution in [2.45, 2.75) is 64.5 Å². The van der Waals surface area contributed by atoms with E-state index in [0.717, 1.165) is 0 Å². The van der Waals surface area contributed by atoms with Crippen LogP contribution in [0.25, 0.3) is 0 Å². The van der Waals surface area contributed by atoms with Crippen molar-refractivity contribution in [1.29, 1.82) is 0 Å². The van der Waals surface area contributed by atoms with Crippen molar-refractivity contribution in [3.8, 4) is 0 Å². The van der Waals surface area contributed by atoms with Crippen LogP contribution in [0.2, 0.25) is 0 Å². The fourth-order valence-electron chi connectivity index (χ4n) is 3.13. The van der Waals surface area contributed by atoms with Gasteiger partial charge in [0.05, 0.1) is 0 Å². The summed E-state index contributed by atoms with van der Waals surface area (Å²) in [6.07, 6.45) is 2.46. The Labute approximate surface area is 130 Å². The molecule has 1 aliphatic heterocycles. The summed E-state index contributed by atoms with van der Waals surface area (Å²) in [7, 11) is 2.09. The zero-order valence-electron chi connectivity index (χ0n) is 14.7. The Morgan fingerprint density at radius 1 is 1.10 bits per heavy atom. The van der Waals surface area contributed by atoms with E-state index in [1.165, 1.54) is 37.1 Å². The number of hydrogen-bond acceptors (Lipinski definition) is 2. The minimum Gasteiger partial charge on any atom is -0.314 e. The fraction of sp³-hybridized carbons (Fsp3) is 0.684. The van der Waals surface area contributed by atoms with E-state index in [0.29, 0.717) is 11.6 Å². The number of piperidine rings is 1. The van der Waals surface area contributed by atoms with Crippen LogP contribution in [-0.2, 0) is 5.41 Å². The zero-order chi connectivity index (χ0) is 15.7. The molecule has 1 aliphatic rings. The Morgan fingerprint density at radius 3 is 2.05 bits per heavy atom. The van der Waals surface area contributed by atoms with Gasteiger partial charge in [-0.2, -0.15) is 0 Å². The second-order valence-electron chi connectivity index (χ2n) is 7.89. The van der Waals surface area contributed by atoms with E-state index in [-0.39, 0.29) is 5.41 Å². The molecule has 1 saturated heterocycles. The number of benzene rings is 1. The van der Waals surface area contributed by atoms with E-state index in [2.05, 4.69) is 76.1 Å². The van der Waals surface area contributed by atoms with Gasteiger partial charge in [0.25, 0.3) is 0 Å². The molecule has 118 valence electrons. The monoisotopic (exact) mass is 288 g/mol. The molecule has 2 rings (SSSR count). The highest BCUT2D eigenvalue weighted by Gasteiger charge is 2.30. The summed E-state index contributed by atoms with van der Waals surface area (Å²) in [6.45, 7) is 13.9. The Bertz CT molecular complexity index is 447. The van der Waals surface area contributed by atoms with Gasteiger partial charge in [-0.15, -0.1) is 0 Å². The highest BCUT2D eigenvalue weighted by Crippen LogP contribution is 2.30. The molecule has 21 heavy (non-hydrogen) atoms. The maximum absolute atomic E-state index is 3.48. The van der Waals surface area contributed by atoms with Crippen LogP contribution in [0.1, 0.15) is 64.6 Å². The van der Waals surface area contributed by atoms with Crippen LogP contribution in [-0.4, -0.2) is 30.6 Å². The van der Waals surface area contributed by atoms with Gasteiger partial charge in [0.2, 0.25) is 0 Å². The molecule has 0 radical (unpaired) electrons. The van der Waals surface area contributed by atoms with Gasteiger partial charge in [0, 0.05) is 24.7 Å². The third-order valence-corrected chi connectivity index (χ3v) is 5.31. The van der Waals surface area contributed by atoms with E-state index in [4.69, 9.17) is 0 Å². The van der Waals surface area contributed by atoms with E-state index >= 15 is 0 Å². The summed E-state index contributed by atoms with van der Waals surface area (Å²) in [5, 5.41) is 3.48. The van der Waals surface area contributed by atoms with Gasteiger partial charge in [-0.3, -0.25) is 4.90 Å². The molecule has 0 aromatic heterocycles. The van der Waals surface area contributed by atoms with E-state index in [1.807, 2.05) is 0 Å². The average Bonchev–Trinajstić information content (AvgIpc) is 2.47. The topological polar surface area (TPSA) is 15.3 Å². The molecule has 0 saturated carbocycles. The van der Waals surface area contributed by atoms with Crippen LogP contribution in [0.4, 0.5) is 0 Å². The van der Waals surface area contributed by atoms with Crippen molar-refractivity contribution in [2.75, 3.05) is 20.1 Å².